The second-order valence-corrected chi connectivity index (χ2v) is 7.17. The van der Waals surface area contributed by atoms with Gasteiger partial charge in [0.1, 0.15) is 0 Å². The first-order valence-electron chi connectivity index (χ1n) is 9.31. The summed E-state index contributed by atoms with van der Waals surface area (Å²) in [5.74, 6) is 0.399. The van der Waals surface area contributed by atoms with Gasteiger partial charge in [-0.3, -0.25) is 9.20 Å². The molecule has 2 aromatic heterocycles. The summed E-state index contributed by atoms with van der Waals surface area (Å²) in [6.45, 7) is 3.93. The summed E-state index contributed by atoms with van der Waals surface area (Å²) in [4.78, 5) is 16.2. The lowest BCUT2D eigenvalue weighted by molar-refractivity contribution is -0.138. The van der Waals surface area contributed by atoms with E-state index in [4.69, 9.17) is 0 Å². The van der Waals surface area contributed by atoms with Gasteiger partial charge in [-0.2, -0.15) is 13.2 Å². The molecule has 0 bridgehead atoms. The molecule has 0 aliphatic carbocycles. The van der Waals surface area contributed by atoms with Crippen LogP contribution < -0.4 is 4.90 Å². The fraction of sp³-hybridized carbons (Fsp3) is 0.350. The molecule has 0 radical (unpaired) electrons. The van der Waals surface area contributed by atoms with E-state index in [9.17, 15) is 18.0 Å². The van der Waals surface area contributed by atoms with Crippen LogP contribution >= 0.6 is 0 Å². The van der Waals surface area contributed by atoms with Crippen molar-refractivity contribution in [2.75, 3.05) is 31.1 Å². The van der Waals surface area contributed by atoms with E-state index in [-0.39, 0.29) is 5.91 Å². The van der Waals surface area contributed by atoms with Crippen LogP contribution in [0.4, 0.5) is 19.1 Å². The molecule has 29 heavy (non-hydrogen) atoms. The predicted molar refractivity (Wildman–Crippen MR) is 102 cm³/mol. The standard InChI is InChI=1S/C20H20F3N5O/c1-14-2-4-15(5-3-14)12-18(29)26-8-10-27(11-9-26)19-25-24-17-7-6-16(13-28(17)19)20(21,22)23/h2-7,13H,8-12H2,1H3. The maximum absolute atomic E-state index is 13.0. The van der Waals surface area contributed by atoms with E-state index in [1.54, 1.807) is 4.90 Å². The van der Waals surface area contributed by atoms with E-state index in [0.29, 0.717) is 44.2 Å². The lowest BCUT2D eigenvalue weighted by Gasteiger charge is -2.34. The summed E-state index contributed by atoms with van der Waals surface area (Å²) in [7, 11) is 0. The van der Waals surface area contributed by atoms with Crippen LogP contribution in [0.2, 0.25) is 0 Å². The number of aromatic nitrogens is 3. The average molecular weight is 403 g/mol. The quantitative estimate of drug-likeness (QED) is 0.675. The Bertz CT molecular complexity index is 1020. The van der Waals surface area contributed by atoms with Crippen LogP contribution in [-0.4, -0.2) is 51.6 Å². The van der Waals surface area contributed by atoms with Crippen molar-refractivity contribution in [1.82, 2.24) is 19.5 Å². The smallest absolute Gasteiger partial charge is 0.339 e. The number of benzene rings is 1. The molecule has 1 aliphatic heterocycles. The summed E-state index contributed by atoms with van der Waals surface area (Å²) < 4.78 is 40.4. The van der Waals surface area contributed by atoms with Crippen molar-refractivity contribution in [2.24, 2.45) is 0 Å². The molecule has 1 aliphatic rings. The number of rotatable bonds is 3. The molecule has 1 fully saturated rings. The van der Waals surface area contributed by atoms with E-state index in [2.05, 4.69) is 10.2 Å². The number of anilines is 1. The van der Waals surface area contributed by atoms with Crippen molar-refractivity contribution in [2.45, 2.75) is 19.5 Å². The monoisotopic (exact) mass is 403 g/mol. The van der Waals surface area contributed by atoms with Crippen molar-refractivity contribution in [1.29, 1.82) is 0 Å². The van der Waals surface area contributed by atoms with Crippen LogP contribution in [-0.2, 0) is 17.4 Å². The first kappa shape index (κ1) is 19.2. The minimum atomic E-state index is -4.43. The van der Waals surface area contributed by atoms with Gasteiger partial charge in [0.2, 0.25) is 11.9 Å². The number of amides is 1. The molecule has 3 aromatic rings. The van der Waals surface area contributed by atoms with Gasteiger partial charge in [-0.05, 0) is 24.6 Å². The van der Waals surface area contributed by atoms with E-state index < -0.39 is 11.7 Å². The highest BCUT2D eigenvalue weighted by Crippen LogP contribution is 2.30. The topological polar surface area (TPSA) is 53.7 Å². The number of fused-ring (bicyclic) bond motifs is 1. The Labute approximate surface area is 165 Å². The number of hydrogen-bond donors (Lipinski definition) is 0. The van der Waals surface area contributed by atoms with Crippen LogP contribution in [0.15, 0.2) is 42.6 Å². The van der Waals surface area contributed by atoms with Gasteiger partial charge in [-0.25, -0.2) is 0 Å². The molecule has 0 N–H and O–H groups in total. The molecule has 0 atom stereocenters. The Morgan fingerprint density at radius 3 is 2.34 bits per heavy atom. The van der Waals surface area contributed by atoms with Crippen molar-refractivity contribution in [3.63, 3.8) is 0 Å². The summed E-state index contributed by atoms with van der Waals surface area (Å²) in [5.41, 5.74) is 1.71. The summed E-state index contributed by atoms with van der Waals surface area (Å²) >= 11 is 0. The second-order valence-electron chi connectivity index (χ2n) is 7.17. The number of pyridine rings is 1. The third kappa shape index (κ3) is 4.03. The molecule has 1 amide bonds. The van der Waals surface area contributed by atoms with Crippen LogP contribution in [0.1, 0.15) is 16.7 Å². The summed E-state index contributed by atoms with van der Waals surface area (Å²) in [5, 5.41) is 8.01. The lowest BCUT2D eigenvalue weighted by Crippen LogP contribution is -2.49. The van der Waals surface area contributed by atoms with Crippen molar-refractivity contribution in [3.05, 3.63) is 59.3 Å². The highest BCUT2D eigenvalue weighted by atomic mass is 19.4. The first-order chi connectivity index (χ1) is 13.8. The van der Waals surface area contributed by atoms with Crippen molar-refractivity contribution >= 4 is 17.5 Å². The molecule has 0 unspecified atom stereocenters. The molecule has 1 saturated heterocycles. The van der Waals surface area contributed by atoms with Gasteiger partial charge in [0.05, 0.1) is 12.0 Å². The van der Waals surface area contributed by atoms with Gasteiger partial charge in [0, 0.05) is 32.4 Å². The molecule has 0 saturated carbocycles. The number of piperazine rings is 1. The number of alkyl halides is 3. The van der Waals surface area contributed by atoms with Crippen LogP contribution in [0.3, 0.4) is 0 Å². The number of carbonyl (C=O) groups is 1. The van der Waals surface area contributed by atoms with Crippen LogP contribution in [0.5, 0.6) is 0 Å². The largest absolute Gasteiger partial charge is 0.417 e. The zero-order chi connectivity index (χ0) is 20.6. The van der Waals surface area contributed by atoms with Gasteiger partial charge in [-0.1, -0.05) is 29.8 Å². The fourth-order valence-electron chi connectivity index (χ4n) is 3.41. The van der Waals surface area contributed by atoms with E-state index >= 15 is 0 Å². The SMILES string of the molecule is Cc1ccc(CC(=O)N2CCN(c3nnc4ccc(C(F)(F)F)cn34)CC2)cc1. The van der Waals surface area contributed by atoms with Crippen LogP contribution in [0.25, 0.3) is 5.65 Å². The Kier molecular flexibility index (Phi) is 4.89. The number of aryl methyl sites for hydroxylation is 1. The maximum atomic E-state index is 13.0. The van der Waals surface area contributed by atoms with Crippen molar-refractivity contribution < 1.29 is 18.0 Å². The Morgan fingerprint density at radius 1 is 1.00 bits per heavy atom. The number of nitrogens with zero attached hydrogens (tertiary/aromatic N) is 5. The zero-order valence-electron chi connectivity index (χ0n) is 15.9. The zero-order valence-corrected chi connectivity index (χ0v) is 15.9. The fourth-order valence-corrected chi connectivity index (χ4v) is 3.41. The van der Waals surface area contributed by atoms with E-state index in [1.807, 2.05) is 36.1 Å². The molecular weight excluding hydrogens is 383 g/mol. The highest BCUT2D eigenvalue weighted by molar-refractivity contribution is 5.79. The van der Waals surface area contributed by atoms with Gasteiger partial charge in [-0.15, -0.1) is 10.2 Å². The molecular formula is C20H20F3N5O. The summed E-state index contributed by atoms with van der Waals surface area (Å²) in [6.07, 6.45) is -3.08. The number of halogens is 3. The predicted octanol–water partition coefficient (Wildman–Crippen LogP) is 2.95. The molecule has 1 aromatic carbocycles. The summed E-state index contributed by atoms with van der Waals surface area (Å²) in [6, 6.07) is 10.2. The molecule has 3 heterocycles. The lowest BCUT2D eigenvalue weighted by atomic mass is 10.1. The maximum Gasteiger partial charge on any atom is 0.417 e. The molecule has 4 rings (SSSR count). The first-order valence-corrected chi connectivity index (χ1v) is 9.31. The molecule has 9 heteroatoms. The average Bonchev–Trinajstić information content (AvgIpc) is 3.12. The minimum absolute atomic E-state index is 0.0407. The third-order valence-electron chi connectivity index (χ3n) is 5.10. The number of hydrogen-bond acceptors (Lipinski definition) is 4. The third-order valence-corrected chi connectivity index (χ3v) is 5.10. The van der Waals surface area contributed by atoms with Gasteiger partial charge in [0.15, 0.2) is 5.65 Å². The Hall–Kier alpha value is -3.10. The minimum Gasteiger partial charge on any atom is -0.339 e. The van der Waals surface area contributed by atoms with Crippen molar-refractivity contribution in [3.8, 4) is 0 Å². The van der Waals surface area contributed by atoms with Gasteiger partial charge < -0.3 is 9.80 Å². The van der Waals surface area contributed by atoms with Crippen LogP contribution in [0, 0.1) is 6.92 Å². The Balaban J connectivity index is 1.44. The Morgan fingerprint density at radius 2 is 1.69 bits per heavy atom. The normalized spacial score (nSPS) is 15.2. The van der Waals surface area contributed by atoms with E-state index in [1.165, 1.54) is 10.5 Å². The van der Waals surface area contributed by atoms with Gasteiger partial charge in [0.25, 0.3) is 0 Å². The molecule has 0 spiro atoms. The highest BCUT2D eigenvalue weighted by Gasteiger charge is 2.32. The molecule has 6 nitrogen and oxygen atoms in total. The van der Waals surface area contributed by atoms with Gasteiger partial charge >= 0.3 is 6.18 Å². The second kappa shape index (κ2) is 7.38. The van der Waals surface area contributed by atoms with E-state index in [0.717, 1.165) is 23.4 Å². The number of carbonyl (C=O) groups excluding carboxylic acids is 1. The molecule has 152 valence electrons.